The number of hydrogen-bond donors (Lipinski definition) is 2. The maximum Gasteiger partial charge on any atom is 0.0848 e. The zero-order valence-electron chi connectivity index (χ0n) is 35.9. The number of allylic oxidation sites excluding steroid dienone is 11. The van der Waals surface area contributed by atoms with Crippen LogP contribution in [-0.4, -0.2) is 10.7 Å². The summed E-state index contributed by atoms with van der Waals surface area (Å²) in [6.07, 6.45) is 26.2. The van der Waals surface area contributed by atoms with E-state index in [2.05, 4.69) is 252 Å². The van der Waals surface area contributed by atoms with E-state index in [4.69, 9.17) is 0 Å². The van der Waals surface area contributed by atoms with Gasteiger partial charge in [0.1, 0.15) is 0 Å². The molecule has 0 bridgehead atoms. The van der Waals surface area contributed by atoms with Gasteiger partial charge in [-0.2, -0.15) is 0 Å². The van der Waals surface area contributed by atoms with Crippen molar-refractivity contribution < 1.29 is 0 Å². The van der Waals surface area contributed by atoms with Gasteiger partial charge in [0.05, 0.1) is 23.1 Å². The van der Waals surface area contributed by atoms with Crippen LogP contribution in [-0.2, 0) is 0 Å². The van der Waals surface area contributed by atoms with Crippen LogP contribution in [0.1, 0.15) is 28.7 Å². The Labute approximate surface area is 379 Å². The van der Waals surface area contributed by atoms with Crippen molar-refractivity contribution in [2.75, 3.05) is 5.32 Å². The van der Waals surface area contributed by atoms with Crippen LogP contribution in [0, 0.1) is 17.8 Å². The molecule has 0 saturated heterocycles. The minimum absolute atomic E-state index is 0.00709. The smallest absolute Gasteiger partial charge is 0.0848 e. The summed E-state index contributed by atoms with van der Waals surface area (Å²) in [7, 11) is 0. The maximum absolute atomic E-state index is 4.11. The average molecular weight is 834 g/mol. The molecule has 310 valence electrons. The van der Waals surface area contributed by atoms with Gasteiger partial charge in [-0.15, -0.1) is 0 Å². The molecule has 1 aromatic heterocycles. The fraction of sp³-hybridized carbons (Fsp3) is 0.0968. The van der Waals surface area contributed by atoms with Gasteiger partial charge in [0.15, 0.2) is 0 Å². The quantitative estimate of drug-likeness (QED) is 0.175. The van der Waals surface area contributed by atoms with Crippen molar-refractivity contribution in [3.8, 4) is 22.3 Å². The largest absolute Gasteiger partial charge is 0.369 e. The van der Waals surface area contributed by atoms with Gasteiger partial charge >= 0.3 is 0 Å². The summed E-state index contributed by atoms with van der Waals surface area (Å²) >= 11 is 0. The van der Waals surface area contributed by atoms with Gasteiger partial charge in [0.25, 0.3) is 0 Å². The summed E-state index contributed by atoms with van der Waals surface area (Å²) in [5.74, 6) is 0.792. The molecule has 5 aliphatic rings. The zero-order chi connectivity index (χ0) is 42.8. The number of nitrogens with zero attached hydrogens (tertiary/aromatic N) is 1. The van der Waals surface area contributed by atoms with Crippen molar-refractivity contribution in [2.24, 2.45) is 17.8 Å². The van der Waals surface area contributed by atoms with E-state index in [1.165, 1.54) is 93.7 Å². The van der Waals surface area contributed by atoms with Crippen molar-refractivity contribution in [2.45, 2.75) is 18.1 Å². The molecule has 1 aliphatic heterocycles. The molecule has 4 aliphatic carbocycles. The van der Waals surface area contributed by atoms with Crippen molar-refractivity contribution in [3.05, 3.63) is 263 Å². The molecule has 7 aromatic carbocycles. The summed E-state index contributed by atoms with van der Waals surface area (Å²) in [6.45, 7) is 0. The molecular formula is C62H47N3. The van der Waals surface area contributed by atoms with Crippen LogP contribution in [0.25, 0.3) is 61.3 Å². The van der Waals surface area contributed by atoms with E-state index in [0.717, 1.165) is 0 Å². The first-order valence-electron chi connectivity index (χ1n) is 23.1. The molecule has 0 saturated carbocycles. The summed E-state index contributed by atoms with van der Waals surface area (Å²) in [6, 6.07) is 62.1. The Morgan fingerprint density at radius 3 is 2.05 bits per heavy atom. The third-order valence-electron chi connectivity index (χ3n) is 14.5. The van der Waals surface area contributed by atoms with Crippen LogP contribution in [0.5, 0.6) is 0 Å². The van der Waals surface area contributed by atoms with Gasteiger partial charge in [-0.1, -0.05) is 212 Å². The van der Waals surface area contributed by atoms with Crippen molar-refractivity contribution in [1.82, 2.24) is 9.88 Å². The lowest BCUT2D eigenvalue weighted by molar-refractivity contribution is 0.362. The summed E-state index contributed by atoms with van der Waals surface area (Å²) in [5.41, 5.74) is 15.1. The predicted octanol–water partition coefficient (Wildman–Crippen LogP) is 12.9. The summed E-state index contributed by atoms with van der Waals surface area (Å²) in [4.78, 5) is 0. The van der Waals surface area contributed by atoms with Gasteiger partial charge in [-0.05, 0) is 85.1 Å². The van der Waals surface area contributed by atoms with E-state index >= 15 is 0 Å². The topological polar surface area (TPSA) is 29.0 Å². The normalized spacial score (nSPS) is 22.6. The third kappa shape index (κ3) is 6.30. The Morgan fingerprint density at radius 2 is 1.23 bits per heavy atom. The van der Waals surface area contributed by atoms with Gasteiger partial charge in [-0.25, -0.2) is 0 Å². The Morgan fingerprint density at radius 1 is 0.523 bits per heavy atom. The van der Waals surface area contributed by atoms with E-state index < -0.39 is 0 Å². The zero-order valence-corrected chi connectivity index (χ0v) is 35.9. The lowest BCUT2D eigenvalue weighted by Crippen LogP contribution is -2.50. The number of aromatic nitrogens is 1. The van der Waals surface area contributed by atoms with E-state index in [0.29, 0.717) is 0 Å². The standard InChI is InChI=1S/C62H47N3/c1-4-17-40(18-5-1)41-31-33-44(34-32-41)61-53-28-14-15-30-56(53)63-62(64-61)52-29-16-23-45-37-46(35-36-47(45)52)65-57-38-54(42-19-6-2-7-20-42)48-24-10-12-26-50(48)59(57)60-51-27-13-11-25-49(51)55(39-58(60)65)43-21-8-3-9-22-43/h1-39,47-48,52,54,61-64H. The minimum atomic E-state index is 0.00709. The lowest BCUT2D eigenvalue weighted by atomic mass is 9.75. The maximum atomic E-state index is 4.11. The highest BCUT2D eigenvalue weighted by atomic mass is 15.2. The number of para-hydroxylation sites is 1. The molecule has 3 heteroatoms. The van der Waals surface area contributed by atoms with Gasteiger partial charge in [0, 0.05) is 45.7 Å². The molecule has 0 amide bonds. The minimum Gasteiger partial charge on any atom is -0.369 e. The first-order chi connectivity index (χ1) is 32.2. The fourth-order valence-corrected chi connectivity index (χ4v) is 11.5. The highest BCUT2D eigenvalue weighted by Gasteiger charge is 2.37. The van der Waals surface area contributed by atoms with Gasteiger partial charge < -0.3 is 9.88 Å². The van der Waals surface area contributed by atoms with Crippen LogP contribution >= 0.6 is 0 Å². The lowest BCUT2D eigenvalue weighted by Gasteiger charge is -2.42. The Bertz CT molecular complexity index is 3490. The van der Waals surface area contributed by atoms with Crippen LogP contribution in [0.4, 0.5) is 5.69 Å². The number of anilines is 1. The van der Waals surface area contributed by atoms with Crippen LogP contribution in [0.2, 0.25) is 0 Å². The van der Waals surface area contributed by atoms with Crippen LogP contribution in [0.15, 0.2) is 236 Å². The first kappa shape index (κ1) is 37.8. The molecule has 6 unspecified atom stereocenters. The van der Waals surface area contributed by atoms with E-state index in [9.17, 15) is 0 Å². The number of rotatable bonds is 6. The molecule has 6 atom stereocenters. The average Bonchev–Trinajstić information content (AvgIpc) is 3.73. The highest BCUT2D eigenvalue weighted by molar-refractivity contribution is 6.15. The molecule has 2 N–H and O–H groups in total. The predicted molar refractivity (Wildman–Crippen MR) is 271 cm³/mol. The van der Waals surface area contributed by atoms with Crippen molar-refractivity contribution >= 4 is 44.7 Å². The molecule has 2 heterocycles. The second-order valence-corrected chi connectivity index (χ2v) is 18.0. The fourth-order valence-electron chi connectivity index (χ4n) is 11.5. The molecule has 13 rings (SSSR count). The molecule has 0 spiro atoms. The van der Waals surface area contributed by atoms with Crippen molar-refractivity contribution in [1.29, 1.82) is 0 Å². The Kier molecular flexibility index (Phi) is 9.02. The highest BCUT2D eigenvalue weighted by Crippen LogP contribution is 2.43. The molecule has 3 nitrogen and oxygen atoms in total. The number of hydrogen-bond acceptors (Lipinski definition) is 2. The molecule has 65 heavy (non-hydrogen) atoms. The van der Waals surface area contributed by atoms with Gasteiger partial charge in [0.2, 0.25) is 0 Å². The van der Waals surface area contributed by atoms with Gasteiger partial charge in [-0.3, -0.25) is 5.32 Å². The SMILES string of the molecule is C1=CC2=c3c(n(C4=CC5=CC=CC(C6Nc7ccccc7C(c7ccc(-c8ccccc8)cc7)N6)C5C=C4)c4cc(-c5ccccc5)c5ccccc5c34)=CC(c3ccccc3)C2C=C1. The summed E-state index contributed by atoms with van der Waals surface area (Å²) in [5, 5.41) is 14.6. The van der Waals surface area contributed by atoms with E-state index in [-0.39, 0.29) is 35.9 Å². The number of benzene rings is 7. The molecular weight excluding hydrogens is 787 g/mol. The van der Waals surface area contributed by atoms with Crippen LogP contribution in [0.3, 0.4) is 0 Å². The monoisotopic (exact) mass is 833 g/mol. The number of nitrogens with one attached hydrogen (secondary N) is 2. The first-order valence-corrected chi connectivity index (χ1v) is 23.1. The summed E-state index contributed by atoms with van der Waals surface area (Å²) < 4.78 is 2.58. The van der Waals surface area contributed by atoms with E-state index in [1.807, 2.05) is 0 Å². The second-order valence-electron chi connectivity index (χ2n) is 18.0. The van der Waals surface area contributed by atoms with Crippen molar-refractivity contribution in [3.63, 3.8) is 0 Å². The Hall–Kier alpha value is -7.72. The number of fused-ring (bicyclic) bond motifs is 8. The Balaban J connectivity index is 0.942. The van der Waals surface area contributed by atoms with E-state index in [1.54, 1.807) is 0 Å². The molecule has 0 fully saturated rings. The molecule has 0 radical (unpaired) electrons. The molecule has 8 aromatic rings. The second kappa shape index (κ2) is 15.5. The van der Waals surface area contributed by atoms with Crippen LogP contribution < -0.4 is 21.2 Å². The third-order valence-corrected chi connectivity index (χ3v) is 14.5.